The van der Waals surface area contributed by atoms with E-state index in [0.717, 1.165) is 17.9 Å². The fourth-order valence-electron chi connectivity index (χ4n) is 4.98. The van der Waals surface area contributed by atoms with Crippen LogP contribution in [-0.2, 0) is 4.74 Å². The Morgan fingerprint density at radius 2 is 1.79 bits per heavy atom. The smallest absolute Gasteiger partial charge is 0.248 e. The van der Waals surface area contributed by atoms with Gasteiger partial charge in [0.2, 0.25) is 17.8 Å². The molecule has 0 bridgehead atoms. The molecule has 1 unspecified atom stereocenters. The lowest BCUT2D eigenvalue weighted by atomic mass is 9.95. The second-order valence-electron chi connectivity index (χ2n) is 8.52. The molecule has 8 nitrogen and oxygen atoms in total. The van der Waals surface area contributed by atoms with Gasteiger partial charge in [0, 0.05) is 56.5 Å². The third kappa shape index (κ3) is 2.80. The van der Waals surface area contributed by atoms with Crippen molar-refractivity contribution in [2.45, 2.75) is 30.9 Å². The first-order valence-corrected chi connectivity index (χ1v) is 9.93. The zero-order chi connectivity index (χ0) is 19.8. The van der Waals surface area contributed by atoms with Gasteiger partial charge in [-0.2, -0.15) is 4.98 Å². The van der Waals surface area contributed by atoms with E-state index in [1.807, 2.05) is 11.0 Å². The number of nitrogens with two attached hydrogens (primary N) is 1. The summed E-state index contributed by atoms with van der Waals surface area (Å²) in [7, 11) is 0. The lowest BCUT2D eigenvalue weighted by molar-refractivity contribution is -0.113. The van der Waals surface area contributed by atoms with Gasteiger partial charge >= 0.3 is 0 Å². The molecule has 10 heteroatoms. The van der Waals surface area contributed by atoms with E-state index in [9.17, 15) is 8.78 Å². The normalized spacial score (nSPS) is 31.8. The zero-order valence-electron chi connectivity index (χ0n) is 15.7. The van der Waals surface area contributed by atoms with Gasteiger partial charge in [-0.25, -0.2) is 23.7 Å². The van der Waals surface area contributed by atoms with Gasteiger partial charge in [0.05, 0.1) is 24.4 Å². The van der Waals surface area contributed by atoms with Crippen LogP contribution in [0, 0.1) is 11.8 Å². The Hall–Kier alpha value is -2.62. The van der Waals surface area contributed by atoms with Crippen LogP contribution in [0.25, 0.3) is 11.3 Å². The quantitative estimate of drug-likeness (QED) is 0.829. The first kappa shape index (κ1) is 17.3. The van der Waals surface area contributed by atoms with Crippen molar-refractivity contribution < 1.29 is 13.5 Å². The summed E-state index contributed by atoms with van der Waals surface area (Å²) in [5.41, 5.74) is 7.06. The molecule has 0 amide bonds. The van der Waals surface area contributed by atoms with Crippen molar-refractivity contribution in [3.63, 3.8) is 0 Å². The molecular formula is C19H21F2N7O. The van der Waals surface area contributed by atoms with E-state index in [4.69, 9.17) is 20.4 Å². The Balaban J connectivity index is 1.34. The van der Waals surface area contributed by atoms with Crippen LogP contribution in [-0.4, -0.2) is 64.2 Å². The van der Waals surface area contributed by atoms with Crippen LogP contribution in [0.1, 0.15) is 12.8 Å². The molecule has 3 aliphatic heterocycles. The summed E-state index contributed by atoms with van der Waals surface area (Å²) in [5, 5.41) is 0. The Bertz CT molecular complexity index is 940. The topological polar surface area (TPSA) is 93.3 Å². The molecule has 2 aromatic heterocycles. The van der Waals surface area contributed by atoms with E-state index in [0.29, 0.717) is 37.4 Å². The summed E-state index contributed by atoms with van der Waals surface area (Å²) in [6.45, 7) is 2.64. The fraction of sp³-hybridized carbons (Fsp3) is 0.579. The van der Waals surface area contributed by atoms with Gasteiger partial charge in [0.1, 0.15) is 5.82 Å². The maximum absolute atomic E-state index is 13.7. The standard InChI is InChI=1S/C19H21F2N7O/c20-19(21)2-10-6-27(7-11(10)3-19)18-25-13(12-4-23-17(22)24-5-12)1-16(26-18)28-8-15-14(28)9-29-15/h1,4-5,10-11,14-15H,2-3,6-9H2,(H2,22,23,24)/t10-,11+,14-,15?/m1/s1. The van der Waals surface area contributed by atoms with Gasteiger partial charge in [0.15, 0.2) is 0 Å². The summed E-state index contributed by atoms with van der Waals surface area (Å²) < 4.78 is 33.0. The SMILES string of the molecule is Nc1ncc(-c2cc(N3CC4OC[C@H]43)nc(N3C[C@@H]4CC(F)(F)C[C@@H]4C3)n2)cn1. The average Bonchev–Trinajstić information content (AvgIpc) is 3.18. The number of nitrogen functional groups attached to an aromatic ring is 1. The molecule has 0 spiro atoms. The van der Waals surface area contributed by atoms with Gasteiger partial charge in [-0.1, -0.05) is 0 Å². The number of morpholine rings is 1. The fourth-order valence-corrected chi connectivity index (χ4v) is 4.98. The van der Waals surface area contributed by atoms with Gasteiger partial charge in [-0.05, 0) is 11.8 Å². The van der Waals surface area contributed by atoms with Crippen molar-refractivity contribution in [1.82, 2.24) is 19.9 Å². The van der Waals surface area contributed by atoms with Gasteiger partial charge in [-0.15, -0.1) is 0 Å². The highest BCUT2D eigenvalue weighted by molar-refractivity contribution is 5.65. The van der Waals surface area contributed by atoms with Crippen molar-refractivity contribution in [3.05, 3.63) is 18.5 Å². The maximum atomic E-state index is 13.7. The van der Waals surface area contributed by atoms with Crippen molar-refractivity contribution >= 4 is 17.7 Å². The number of ether oxygens (including phenoxy) is 1. The highest BCUT2D eigenvalue weighted by atomic mass is 19.3. The molecule has 5 heterocycles. The van der Waals surface area contributed by atoms with Crippen LogP contribution in [0.2, 0.25) is 0 Å². The molecule has 4 fully saturated rings. The van der Waals surface area contributed by atoms with Crippen LogP contribution in [0.3, 0.4) is 0 Å². The molecule has 0 radical (unpaired) electrons. The van der Waals surface area contributed by atoms with Crippen LogP contribution in [0.15, 0.2) is 18.5 Å². The summed E-state index contributed by atoms with van der Waals surface area (Å²) in [6, 6.07) is 2.28. The van der Waals surface area contributed by atoms with Crippen LogP contribution < -0.4 is 15.5 Å². The van der Waals surface area contributed by atoms with Gasteiger partial charge in [0.25, 0.3) is 0 Å². The van der Waals surface area contributed by atoms with E-state index >= 15 is 0 Å². The van der Waals surface area contributed by atoms with Crippen molar-refractivity contribution in [2.75, 3.05) is 41.8 Å². The summed E-state index contributed by atoms with van der Waals surface area (Å²) in [6.07, 6.45) is 3.48. The number of fused-ring (bicyclic) bond motifs is 2. The number of halogens is 2. The lowest BCUT2D eigenvalue weighted by Crippen LogP contribution is -2.71. The Morgan fingerprint density at radius 3 is 2.38 bits per heavy atom. The van der Waals surface area contributed by atoms with Crippen molar-refractivity contribution in [2.24, 2.45) is 11.8 Å². The van der Waals surface area contributed by atoms with Crippen LogP contribution in [0.5, 0.6) is 0 Å². The molecule has 1 saturated carbocycles. The molecule has 4 atom stereocenters. The molecule has 2 aromatic rings. The number of alkyl halides is 2. The van der Waals surface area contributed by atoms with Crippen molar-refractivity contribution in [3.8, 4) is 11.3 Å². The number of aromatic nitrogens is 4. The molecule has 4 aliphatic rings. The number of rotatable bonds is 3. The maximum Gasteiger partial charge on any atom is 0.248 e. The second-order valence-corrected chi connectivity index (χ2v) is 8.52. The number of hydrogen-bond donors (Lipinski definition) is 1. The van der Waals surface area contributed by atoms with Crippen LogP contribution >= 0.6 is 0 Å². The third-order valence-corrected chi connectivity index (χ3v) is 6.63. The largest absolute Gasteiger partial charge is 0.372 e. The lowest BCUT2D eigenvalue weighted by Gasteiger charge is -2.55. The molecule has 2 N–H and O–H groups in total. The number of nitrogens with zero attached hydrogens (tertiary/aromatic N) is 6. The Labute approximate surface area is 166 Å². The molecular weight excluding hydrogens is 380 g/mol. The minimum Gasteiger partial charge on any atom is -0.372 e. The zero-order valence-corrected chi connectivity index (χ0v) is 15.7. The highest BCUT2D eigenvalue weighted by Gasteiger charge is 2.51. The summed E-state index contributed by atoms with van der Waals surface area (Å²) >= 11 is 0. The van der Waals surface area contributed by atoms with E-state index < -0.39 is 5.92 Å². The van der Waals surface area contributed by atoms with E-state index in [1.165, 1.54) is 0 Å². The second kappa shape index (κ2) is 5.94. The minimum absolute atomic E-state index is 0.00557. The minimum atomic E-state index is -2.53. The van der Waals surface area contributed by atoms with E-state index in [2.05, 4.69) is 14.9 Å². The molecule has 1 aliphatic carbocycles. The predicted molar refractivity (Wildman–Crippen MR) is 102 cm³/mol. The molecule has 152 valence electrons. The molecule has 3 saturated heterocycles. The monoisotopic (exact) mass is 401 g/mol. The number of hydrogen-bond acceptors (Lipinski definition) is 8. The summed E-state index contributed by atoms with van der Waals surface area (Å²) in [5.74, 6) is -0.936. The first-order valence-electron chi connectivity index (χ1n) is 9.93. The third-order valence-electron chi connectivity index (χ3n) is 6.63. The van der Waals surface area contributed by atoms with E-state index in [1.54, 1.807) is 12.4 Å². The van der Waals surface area contributed by atoms with Crippen molar-refractivity contribution in [1.29, 1.82) is 0 Å². The number of anilines is 3. The molecule has 29 heavy (non-hydrogen) atoms. The molecule has 6 rings (SSSR count). The predicted octanol–water partition coefficient (Wildman–Crippen LogP) is 1.58. The van der Waals surface area contributed by atoms with E-state index in [-0.39, 0.29) is 36.7 Å². The molecule has 0 aromatic carbocycles. The Morgan fingerprint density at radius 1 is 1.07 bits per heavy atom. The Kier molecular flexibility index (Phi) is 3.54. The highest BCUT2D eigenvalue weighted by Crippen LogP contribution is 2.47. The van der Waals surface area contributed by atoms with Gasteiger partial charge in [-0.3, -0.25) is 0 Å². The van der Waals surface area contributed by atoms with Crippen LogP contribution in [0.4, 0.5) is 26.5 Å². The first-order chi connectivity index (χ1) is 13.9. The summed E-state index contributed by atoms with van der Waals surface area (Å²) in [4.78, 5) is 21.9. The average molecular weight is 401 g/mol. The van der Waals surface area contributed by atoms with Gasteiger partial charge < -0.3 is 20.3 Å².